The van der Waals surface area contributed by atoms with E-state index in [1.165, 1.54) is 0 Å². The molecule has 0 radical (unpaired) electrons. The molecule has 0 atom stereocenters. The van der Waals surface area contributed by atoms with Crippen molar-refractivity contribution < 1.29 is 13.1 Å². The minimum atomic E-state index is 0.546. The molecule has 0 saturated carbocycles. The fourth-order valence-electron chi connectivity index (χ4n) is 0.631. The Morgan fingerprint density at radius 1 is 1.53 bits per heavy atom. The number of nitrogens with one attached hydrogen (secondary N) is 1. The maximum absolute atomic E-state index is 4.96. The molecule has 0 aliphatic carbocycles. The number of aromatic nitrogens is 2. The van der Waals surface area contributed by atoms with E-state index in [4.69, 9.17) is 12.2 Å². The zero-order valence-electron chi connectivity index (χ0n) is 9.06. The first-order valence-electron chi connectivity index (χ1n) is 4.19. The Labute approximate surface area is 120 Å². The van der Waals surface area contributed by atoms with Crippen molar-refractivity contribution in [2.75, 3.05) is 14.1 Å². The summed E-state index contributed by atoms with van der Waals surface area (Å²) in [4.78, 5) is 9.66. The van der Waals surface area contributed by atoms with Crippen LogP contribution in [0.5, 0.6) is 0 Å². The van der Waals surface area contributed by atoms with Crippen LogP contribution >= 0.6 is 32.4 Å². The summed E-state index contributed by atoms with van der Waals surface area (Å²) in [6.45, 7) is 0. The van der Waals surface area contributed by atoms with Gasteiger partial charge in [0, 0.05) is 26.5 Å². The van der Waals surface area contributed by atoms with Crippen molar-refractivity contribution in [2.24, 2.45) is 5.10 Å². The molecule has 0 aliphatic rings. The van der Waals surface area contributed by atoms with Gasteiger partial charge in [0.1, 0.15) is 5.69 Å². The molecular formula is C8H11Cl2CuN5S. The van der Waals surface area contributed by atoms with Gasteiger partial charge in [-0.25, -0.2) is 0 Å². The van der Waals surface area contributed by atoms with Crippen molar-refractivity contribution in [3.8, 4) is 0 Å². The van der Waals surface area contributed by atoms with Gasteiger partial charge in [0.15, 0.2) is 5.11 Å². The Balaban J connectivity index is 0.000000770. The summed E-state index contributed by atoms with van der Waals surface area (Å²) in [7, 11) is 13.0. The molecule has 0 saturated heterocycles. The van der Waals surface area contributed by atoms with Crippen LogP contribution in [0.4, 0.5) is 0 Å². The van der Waals surface area contributed by atoms with E-state index < -0.39 is 0 Å². The molecule has 1 heterocycles. The van der Waals surface area contributed by atoms with Crippen molar-refractivity contribution in [3.05, 3.63) is 24.3 Å². The molecule has 0 unspecified atom stereocenters. The Kier molecular flexibility index (Phi) is 10.4. The van der Waals surface area contributed by atoms with Crippen LogP contribution in [-0.4, -0.2) is 40.3 Å². The summed E-state index contributed by atoms with van der Waals surface area (Å²) < 4.78 is 0. The fraction of sp³-hybridized carbons (Fsp3) is 0.250. The van der Waals surface area contributed by atoms with E-state index in [9.17, 15) is 0 Å². The molecule has 17 heavy (non-hydrogen) atoms. The van der Waals surface area contributed by atoms with Crippen molar-refractivity contribution in [1.29, 1.82) is 0 Å². The van der Waals surface area contributed by atoms with Crippen molar-refractivity contribution >= 4 is 43.7 Å². The van der Waals surface area contributed by atoms with Crippen LogP contribution in [0.1, 0.15) is 5.69 Å². The monoisotopic (exact) mass is 342 g/mol. The van der Waals surface area contributed by atoms with Gasteiger partial charge in [0.2, 0.25) is 0 Å². The second kappa shape index (κ2) is 10.7. The van der Waals surface area contributed by atoms with Gasteiger partial charge >= 0.3 is 33.3 Å². The molecular weight excluding hydrogens is 333 g/mol. The summed E-state index contributed by atoms with van der Waals surface area (Å²) in [5.74, 6) is 0. The molecule has 1 aromatic rings. The molecule has 1 aromatic heterocycles. The van der Waals surface area contributed by atoms with E-state index in [1.807, 2.05) is 14.1 Å². The van der Waals surface area contributed by atoms with E-state index in [1.54, 1.807) is 29.7 Å². The van der Waals surface area contributed by atoms with Gasteiger partial charge in [0.05, 0.1) is 12.4 Å². The van der Waals surface area contributed by atoms with Gasteiger partial charge in [0.25, 0.3) is 0 Å². The third kappa shape index (κ3) is 9.26. The van der Waals surface area contributed by atoms with Crippen molar-refractivity contribution in [2.45, 2.75) is 0 Å². The van der Waals surface area contributed by atoms with Gasteiger partial charge in [-0.2, -0.15) is 5.10 Å². The molecule has 0 aromatic carbocycles. The second-order valence-corrected chi connectivity index (χ2v) is 4.68. The predicted octanol–water partition coefficient (Wildman–Crippen LogP) is 1.62. The number of thiocarbonyl (C=S) groups is 1. The molecule has 0 fully saturated rings. The Bertz CT molecular complexity index is 349. The molecule has 9 heteroatoms. The Hall–Kier alpha value is -0.461. The number of hydrazone groups is 1. The summed E-state index contributed by atoms with van der Waals surface area (Å²) in [6, 6.07) is 0. The molecule has 0 aliphatic heterocycles. The van der Waals surface area contributed by atoms with E-state index in [0.717, 1.165) is 13.1 Å². The first-order valence-corrected chi connectivity index (χ1v) is 7.19. The van der Waals surface area contributed by atoms with Gasteiger partial charge in [-0.1, -0.05) is 0 Å². The number of halogens is 2. The molecule has 5 nitrogen and oxygen atoms in total. The standard InChI is InChI=1S/C8H11N5S.2ClH.Cu/c1-13(2)8(14)12-11-6-7-5-9-3-4-10-7;;;/h3-6H,1-2H3,(H,12,14);2*1H;/q;;;+2/p-2/b11-6+;;;. The van der Waals surface area contributed by atoms with Gasteiger partial charge in [-0.15, -0.1) is 0 Å². The van der Waals surface area contributed by atoms with Crippen molar-refractivity contribution in [1.82, 2.24) is 20.3 Å². The molecule has 0 bridgehead atoms. The molecule has 99 valence electrons. The summed E-state index contributed by atoms with van der Waals surface area (Å²) >= 11 is 5.72. The van der Waals surface area contributed by atoms with Gasteiger partial charge in [-0.05, 0) is 12.2 Å². The van der Waals surface area contributed by atoms with Crippen LogP contribution in [0, 0.1) is 0 Å². The van der Waals surface area contributed by atoms with E-state index in [-0.39, 0.29) is 0 Å². The fourth-order valence-corrected chi connectivity index (χ4v) is 0.684. The normalized spacial score (nSPS) is 9.65. The van der Waals surface area contributed by atoms with Crippen LogP contribution in [0.3, 0.4) is 0 Å². The summed E-state index contributed by atoms with van der Waals surface area (Å²) in [5, 5.41) is 4.45. The van der Waals surface area contributed by atoms with Gasteiger partial charge < -0.3 is 4.90 Å². The number of hydrogen-bond donors (Lipinski definition) is 1. The third-order valence-electron chi connectivity index (χ3n) is 1.35. The first-order chi connectivity index (χ1) is 8.11. The maximum atomic E-state index is 4.96. The third-order valence-corrected chi connectivity index (χ3v) is 1.80. The van der Waals surface area contributed by atoms with E-state index in [0.29, 0.717) is 10.8 Å². The predicted molar refractivity (Wildman–Crippen MR) is 70.8 cm³/mol. The minimum absolute atomic E-state index is 0.546. The summed E-state index contributed by atoms with van der Waals surface area (Å²) in [5.41, 5.74) is 3.37. The Morgan fingerprint density at radius 3 is 2.65 bits per heavy atom. The second-order valence-electron chi connectivity index (χ2n) is 2.74. The molecule has 1 rings (SSSR count). The van der Waals surface area contributed by atoms with Gasteiger partial charge in [-0.3, -0.25) is 15.4 Å². The van der Waals surface area contributed by atoms with E-state index >= 15 is 0 Å². The SMILES string of the molecule is CN(C)C(=S)N/N=C/c1cnccn1.[Cl][Cu][Cl]. The quantitative estimate of drug-likeness (QED) is 0.383. The number of rotatable bonds is 2. The Morgan fingerprint density at radius 2 is 2.18 bits per heavy atom. The van der Waals surface area contributed by atoms with Crippen LogP contribution < -0.4 is 5.43 Å². The van der Waals surface area contributed by atoms with Crippen LogP contribution in [-0.2, 0) is 13.1 Å². The zero-order chi connectivity index (χ0) is 13.1. The average Bonchev–Trinajstić information content (AvgIpc) is 2.31. The molecule has 0 spiro atoms. The van der Waals surface area contributed by atoms with Crippen LogP contribution in [0.15, 0.2) is 23.7 Å². The number of nitrogens with zero attached hydrogens (tertiary/aromatic N) is 4. The zero-order valence-corrected chi connectivity index (χ0v) is 12.3. The number of hydrogen-bond acceptors (Lipinski definition) is 4. The van der Waals surface area contributed by atoms with Crippen LogP contribution in [0.25, 0.3) is 0 Å². The summed E-state index contributed by atoms with van der Waals surface area (Å²) in [6.07, 6.45) is 6.38. The van der Waals surface area contributed by atoms with Crippen LogP contribution in [0.2, 0.25) is 0 Å². The first kappa shape index (κ1) is 16.5. The van der Waals surface area contributed by atoms with Crippen molar-refractivity contribution in [3.63, 3.8) is 0 Å². The molecule has 0 amide bonds. The molecule has 1 N–H and O–H groups in total. The average molecular weight is 344 g/mol. The topological polar surface area (TPSA) is 53.4 Å². The van der Waals surface area contributed by atoms with E-state index in [2.05, 4.69) is 40.7 Å².